The molecule has 6 nitrogen and oxygen atoms in total. The van der Waals surface area contributed by atoms with E-state index in [2.05, 4.69) is 59.6 Å². The van der Waals surface area contributed by atoms with Crippen LogP contribution in [-0.4, -0.2) is 24.2 Å². The number of benzene rings is 2. The Kier molecular flexibility index (Phi) is 5.68. The number of methoxy groups -OCH3 is 2. The molecule has 0 radical (unpaired) electrons. The lowest BCUT2D eigenvalue weighted by Gasteiger charge is -2.23. The summed E-state index contributed by atoms with van der Waals surface area (Å²) >= 11 is 0. The van der Waals surface area contributed by atoms with Crippen molar-refractivity contribution in [3.8, 4) is 11.5 Å². The van der Waals surface area contributed by atoms with Gasteiger partial charge in [0.15, 0.2) is 11.5 Å². The van der Waals surface area contributed by atoms with E-state index < -0.39 is 0 Å². The second-order valence-corrected chi connectivity index (χ2v) is 7.38. The smallest absolute Gasteiger partial charge is 0.229 e. The summed E-state index contributed by atoms with van der Waals surface area (Å²) in [7, 11) is 3.22. The van der Waals surface area contributed by atoms with Gasteiger partial charge in [0.1, 0.15) is 5.82 Å². The largest absolute Gasteiger partial charge is 0.493 e. The van der Waals surface area contributed by atoms with Crippen molar-refractivity contribution < 1.29 is 9.47 Å². The molecule has 0 bridgehead atoms. The fourth-order valence-electron chi connectivity index (χ4n) is 2.92. The van der Waals surface area contributed by atoms with Crippen LogP contribution >= 0.6 is 0 Å². The SMILES string of the molecule is COc1ccc(Nc2nccc(Nc3ccccc3C(C)(C)C)n2)cc1OC. The Hall–Kier alpha value is -3.28. The molecule has 0 aliphatic carbocycles. The van der Waals surface area contributed by atoms with Gasteiger partial charge in [0.25, 0.3) is 0 Å². The topological polar surface area (TPSA) is 68.3 Å². The van der Waals surface area contributed by atoms with E-state index >= 15 is 0 Å². The van der Waals surface area contributed by atoms with Crippen LogP contribution in [0.25, 0.3) is 0 Å². The van der Waals surface area contributed by atoms with E-state index in [0.717, 1.165) is 17.2 Å². The van der Waals surface area contributed by atoms with Crippen LogP contribution in [-0.2, 0) is 5.41 Å². The van der Waals surface area contributed by atoms with Crippen molar-refractivity contribution in [3.63, 3.8) is 0 Å². The minimum Gasteiger partial charge on any atom is -0.493 e. The fourth-order valence-corrected chi connectivity index (χ4v) is 2.92. The van der Waals surface area contributed by atoms with Gasteiger partial charge in [-0.2, -0.15) is 4.98 Å². The molecule has 6 heteroatoms. The summed E-state index contributed by atoms with van der Waals surface area (Å²) in [5, 5.41) is 6.61. The summed E-state index contributed by atoms with van der Waals surface area (Å²) in [4.78, 5) is 8.89. The van der Waals surface area contributed by atoms with Crippen molar-refractivity contribution in [2.45, 2.75) is 26.2 Å². The molecule has 0 atom stereocenters. The summed E-state index contributed by atoms with van der Waals surface area (Å²) in [5.74, 6) is 2.52. The quantitative estimate of drug-likeness (QED) is 0.608. The third-order valence-corrected chi connectivity index (χ3v) is 4.29. The summed E-state index contributed by atoms with van der Waals surface area (Å²) in [6.07, 6.45) is 1.72. The first-order valence-corrected chi connectivity index (χ1v) is 9.09. The van der Waals surface area contributed by atoms with Gasteiger partial charge in [-0.15, -0.1) is 0 Å². The number of para-hydroxylation sites is 1. The minimum absolute atomic E-state index is 0.0252. The normalized spacial score (nSPS) is 11.0. The molecule has 0 unspecified atom stereocenters. The lowest BCUT2D eigenvalue weighted by molar-refractivity contribution is 0.355. The first-order chi connectivity index (χ1) is 13.4. The monoisotopic (exact) mass is 378 g/mol. The maximum atomic E-state index is 5.34. The summed E-state index contributed by atoms with van der Waals surface area (Å²) < 4.78 is 10.6. The van der Waals surface area contributed by atoms with Crippen molar-refractivity contribution >= 4 is 23.1 Å². The Morgan fingerprint density at radius 3 is 2.32 bits per heavy atom. The van der Waals surface area contributed by atoms with Gasteiger partial charge in [-0.1, -0.05) is 39.0 Å². The summed E-state index contributed by atoms with van der Waals surface area (Å²) in [6, 6.07) is 15.7. The maximum absolute atomic E-state index is 5.34. The molecule has 3 aromatic rings. The molecule has 146 valence electrons. The van der Waals surface area contributed by atoms with Gasteiger partial charge in [-0.25, -0.2) is 4.98 Å². The van der Waals surface area contributed by atoms with E-state index in [-0.39, 0.29) is 5.41 Å². The average molecular weight is 378 g/mol. The van der Waals surface area contributed by atoms with Gasteiger partial charge >= 0.3 is 0 Å². The van der Waals surface area contributed by atoms with Gasteiger partial charge in [0.05, 0.1) is 14.2 Å². The lowest BCUT2D eigenvalue weighted by atomic mass is 9.86. The van der Waals surface area contributed by atoms with E-state index in [9.17, 15) is 0 Å². The Morgan fingerprint density at radius 1 is 0.857 bits per heavy atom. The molecule has 1 aromatic heterocycles. The van der Waals surface area contributed by atoms with Gasteiger partial charge in [-0.3, -0.25) is 0 Å². The number of nitrogens with zero attached hydrogens (tertiary/aromatic N) is 2. The van der Waals surface area contributed by atoms with Gasteiger partial charge in [-0.05, 0) is 35.2 Å². The van der Waals surface area contributed by atoms with Crippen molar-refractivity contribution in [3.05, 3.63) is 60.3 Å². The maximum Gasteiger partial charge on any atom is 0.229 e. The molecular formula is C22H26N4O2. The van der Waals surface area contributed by atoms with Crippen LogP contribution in [0.2, 0.25) is 0 Å². The fraction of sp³-hybridized carbons (Fsp3) is 0.273. The number of hydrogen-bond acceptors (Lipinski definition) is 6. The molecular weight excluding hydrogens is 352 g/mol. The summed E-state index contributed by atoms with van der Waals surface area (Å²) in [5.41, 5.74) is 3.09. The molecule has 3 rings (SSSR count). The molecule has 0 saturated carbocycles. The Bertz CT molecular complexity index is 951. The number of ether oxygens (including phenoxy) is 2. The van der Waals surface area contributed by atoms with Crippen LogP contribution in [0.5, 0.6) is 11.5 Å². The van der Waals surface area contributed by atoms with Crippen molar-refractivity contribution in [1.82, 2.24) is 9.97 Å². The highest BCUT2D eigenvalue weighted by molar-refractivity contribution is 5.64. The molecule has 0 aliphatic heterocycles. The summed E-state index contributed by atoms with van der Waals surface area (Å²) in [6.45, 7) is 6.58. The minimum atomic E-state index is 0.0252. The van der Waals surface area contributed by atoms with Crippen LogP contribution in [0, 0.1) is 0 Å². The molecule has 0 saturated heterocycles. The van der Waals surface area contributed by atoms with Crippen LogP contribution in [0.1, 0.15) is 26.3 Å². The molecule has 0 amide bonds. The van der Waals surface area contributed by atoms with Crippen LogP contribution in [0.15, 0.2) is 54.7 Å². The van der Waals surface area contributed by atoms with E-state index in [1.54, 1.807) is 20.4 Å². The van der Waals surface area contributed by atoms with Crippen LogP contribution < -0.4 is 20.1 Å². The number of anilines is 4. The van der Waals surface area contributed by atoms with E-state index in [1.807, 2.05) is 30.3 Å². The zero-order valence-electron chi connectivity index (χ0n) is 16.9. The number of aromatic nitrogens is 2. The molecule has 1 heterocycles. The average Bonchev–Trinajstić information content (AvgIpc) is 2.68. The van der Waals surface area contributed by atoms with Crippen LogP contribution in [0.3, 0.4) is 0 Å². The van der Waals surface area contributed by atoms with E-state index in [0.29, 0.717) is 17.4 Å². The molecule has 2 N–H and O–H groups in total. The van der Waals surface area contributed by atoms with Gasteiger partial charge < -0.3 is 20.1 Å². The zero-order chi connectivity index (χ0) is 20.1. The highest BCUT2D eigenvalue weighted by Gasteiger charge is 2.17. The first kappa shape index (κ1) is 19.5. The van der Waals surface area contributed by atoms with Crippen LogP contribution in [0.4, 0.5) is 23.1 Å². The predicted molar refractivity (Wildman–Crippen MR) is 113 cm³/mol. The third kappa shape index (κ3) is 4.52. The zero-order valence-corrected chi connectivity index (χ0v) is 16.9. The number of rotatable bonds is 6. The van der Waals surface area contributed by atoms with Crippen molar-refractivity contribution in [2.24, 2.45) is 0 Å². The second-order valence-electron chi connectivity index (χ2n) is 7.38. The molecule has 0 aliphatic rings. The van der Waals surface area contributed by atoms with Crippen molar-refractivity contribution in [2.75, 3.05) is 24.9 Å². The standard InChI is InChI=1S/C22H26N4O2/c1-22(2,3)16-8-6-7-9-17(16)25-20-12-13-23-21(26-20)24-15-10-11-18(27-4)19(14-15)28-5/h6-14H,1-5H3,(H2,23,24,25,26). The van der Waals surface area contributed by atoms with Crippen molar-refractivity contribution in [1.29, 1.82) is 0 Å². The Labute approximate surface area is 166 Å². The Morgan fingerprint density at radius 2 is 1.61 bits per heavy atom. The lowest BCUT2D eigenvalue weighted by Crippen LogP contribution is -2.13. The highest BCUT2D eigenvalue weighted by Crippen LogP contribution is 2.32. The third-order valence-electron chi connectivity index (χ3n) is 4.29. The first-order valence-electron chi connectivity index (χ1n) is 9.09. The molecule has 28 heavy (non-hydrogen) atoms. The van der Waals surface area contributed by atoms with Gasteiger partial charge in [0, 0.05) is 23.6 Å². The number of nitrogens with one attached hydrogen (secondary N) is 2. The Balaban J connectivity index is 1.82. The van der Waals surface area contributed by atoms with Gasteiger partial charge in [0.2, 0.25) is 5.95 Å². The molecule has 0 spiro atoms. The van der Waals surface area contributed by atoms with E-state index in [4.69, 9.17) is 9.47 Å². The predicted octanol–water partition coefficient (Wildman–Crippen LogP) is 5.28. The second kappa shape index (κ2) is 8.17. The van der Waals surface area contributed by atoms with E-state index in [1.165, 1.54) is 5.56 Å². The molecule has 2 aromatic carbocycles. The number of hydrogen-bond donors (Lipinski definition) is 2. The highest BCUT2D eigenvalue weighted by atomic mass is 16.5. The molecule has 0 fully saturated rings.